The number of hydrogen-bond acceptors (Lipinski definition) is 9. The summed E-state index contributed by atoms with van der Waals surface area (Å²) >= 11 is 0. The largest absolute Gasteiger partial charge is 0.508 e. The van der Waals surface area contributed by atoms with Crippen LogP contribution in [-0.2, 0) is 19.1 Å². The third kappa shape index (κ3) is 4.55. The highest BCUT2D eigenvalue weighted by Gasteiger charge is 2.76. The second kappa shape index (κ2) is 10.8. The molecule has 0 spiro atoms. The van der Waals surface area contributed by atoms with Crippen LogP contribution in [0, 0.1) is 34.0 Å². The number of fused-ring (bicyclic) bond motifs is 5. The average molecular weight is 616 g/mol. The Labute approximate surface area is 259 Å². The lowest BCUT2D eigenvalue weighted by atomic mass is 9.45. The fourth-order valence-corrected chi connectivity index (χ4v) is 8.48. The molecule has 4 aliphatic rings. The normalized spacial score (nSPS) is 34.8. The molecule has 6 rings (SSSR count). The lowest BCUT2D eigenvalue weighted by Crippen LogP contribution is -2.69. The van der Waals surface area contributed by atoms with Crippen molar-refractivity contribution in [2.45, 2.75) is 63.3 Å². The van der Waals surface area contributed by atoms with Crippen LogP contribution in [0.4, 0.5) is 4.39 Å². The number of phenolic OH excluding ortho intramolecular Hbond substituents is 1. The number of carbonyl (C=O) groups is 3. The number of carbonyl (C=O) groups excluding carboxylic acids is 3. The number of esters is 2. The van der Waals surface area contributed by atoms with Crippen LogP contribution >= 0.6 is 0 Å². The van der Waals surface area contributed by atoms with Crippen molar-refractivity contribution in [2.24, 2.45) is 22.7 Å². The topological polar surface area (TPSA) is 143 Å². The van der Waals surface area contributed by atoms with Gasteiger partial charge in [-0.25, -0.2) is 14.0 Å². The highest BCUT2D eigenvalue weighted by molar-refractivity contribution is 6.01. The number of aromatic hydroxyl groups is 1. The van der Waals surface area contributed by atoms with Crippen LogP contribution in [-0.4, -0.2) is 51.9 Å². The highest BCUT2D eigenvalue weighted by atomic mass is 19.1. The maximum Gasteiger partial charge on any atom is 0.352 e. The summed E-state index contributed by atoms with van der Waals surface area (Å²) in [5.74, 6) is -2.13. The van der Waals surface area contributed by atoms with Gasteiger partial charge in [-0.15, -0.1) is 0 Å². The summed E-state index contributed by atoms with van der Waals surface area (Å²) in [6, 6.07) is 14.0. The Hall–Kier alpha value is -4.49. The second-order valence-electron chi connectivity index (χ2n) is 12.9. The molecule has 0 radical (unpaired) electrons. The number of nitrogens with zero attached hydrogens (tertiary/aromatic N) is 1. The summed E-state index contributed by atoms with van der Waals surface area (Å²) in [4.78, 5) is 39.6. The summed E-state index contributed by atoms with van der Waals surface area (Å²) in [5.41, 5.74) is -5.67. The van der Waals surface area contributed by atoms with Gasteiger partial charge in [0.15, 0.2) is 18.1 Å². The monoisotopic (exact) mass is 615 g/mol. The first-order chi connectivity index (χ1) is 21.4. The first-order valence-electron chi connectivity index (χ1n) is 15.0. The predicted octanol–water partition coefficient (Wildman–Crippen LogP) is 5.52. The van der Waals surface area contributed by atoms with Gasteiger partial charge < -0.3 is 24.4 Å². The van der Waals surface area contributed by atoms with Gasteiger partial charge in [0.25, 0.3) is 0 Å². The molecule has 2 aromatic rings. The molecule has 0 heterocycles. The van der Waals surface area contributed by atoms with Gasteiger partial charge in [-0.3, -0.25) is 4.79 Å². The molecule has 234 valence electrons. The minimum absolute atomic E-state index is 0.0270. The number of aliphatic hydroxyl groups excluding tert-OH is 1. The van der Waals surface area contributed by atoms with Gasteiger partial charge in [-0.1, -0.05) is 18.6 Å². The van der Waals surface area contributed by atoms with E-state index < -0.39 is 58.6 Å². The Morgan fingerprint density at radius 3 is 2.38 bits per heavy atom. The van der Waals surface area contributed by atoms with Crippen molar-refractivity contribution >= 4 is 17.7 Å². The maximum absolute atomic E-state index is 17.5. The Kier molecular flexibility index (Phi) is 7.36. The Morgan fingerprint density at radius 2 is 1.71 bits per heavy atom. The van der Waals surface area contributed by atoms with Crippen molar-refractivity contribution in [2.75, 3.05) is 6.61 Å². The smallest absolute Gasteiger partial charge is 0.352 e. The van der Waals surface area contributed by atoms with Gasteiger partial charge in [0.05, 0.1) is 11.7 Å². The van der Waals surface area contributed by atoms with E-state index in [1.54, 1.807) is 50.3 Å². The molecule has 2 aromatic carbocycles. The van der Waals surface area contributed by atoms with E-state index in [9.17, 15) is 24.6 Å². The van der Waals surface area contributed by atoms with Crippen molar-refractivity contribution in [3.63, 3.8) is 0 Å². The van der Waals surface area contributed by atoms with E-state index >= 15 is 4.39 Å². The van der Waals surface area contributed by atoms with Crippen LogP contribution in [0.3, 0.4) is 0 Å². The fraction of sp³-hybridized carbons (Fsp3) is 0.429. The zero-order valence-electron chi connectivity index (χ0n) is 25.0. The molecule has 9 nitrogen and oxygen atoms in total. The molecule has 0 bridgehead atoms. The van der Waals surface area contributed by atoms with Crippen LogP contribution in [0.15, 0.2) is 72.3 Å². The molecule has 3 fully saturated rings. The number of ether oxygens (including phenoxy) is 3. The van der Waals surface area contributed by atoms with Gasteiger partial charge in [0, 0.05) is 16.7 Å². The van der Waals surface area contributed by atoms with E-state index in [1.165, 1.54) is 36.4 Å². The van der Waals surface area contributed by atoms with Crippen molar-refractivity contribution in [3.8, 4) is 23.3 Å². The van der Waals surface area contributed by atoms with Crippen LogP contribution in [0.2, 0.25) is 0 Å². The minimum atomic E-state index is -2.12. The molecule has 45 heavy (non-hydrogen) atoms. The van der Waals surface area contributed by atoms with Crippen molar-refractivity contribution in [1.82, 2.24) is 0 Å². The Morgan fingerprint density at radius 1 is 1.04 bits per heavy atom. The van der Waals surface area contributed by atoms with Gasteiger partial charge in [0.1, 0.15) is 23.3 Å². The van der Waals surface area contributed by atoms with Gasteiger partial charge in [0.2, 0.25) is 5.60 Å². The van der Waals surface area contributed by atoms with Crippen molar-refractivity contribution in [1.29, 1.82) is 5.26 Å². The zero-order chi connectivity index (χ0) is 32.2. The molecular formula is C35H34FNO8. The lowest BCUT2D eigenvalue weighted by molar-refractivity contribution is -0.224. The molecule has 2 N–H and O–H groups in total. The van der Waals surface area contributed by atoms with Crippen LogP contribution in [0.1, 0.15) is 56.3 Å². The van der Waals surface area contributed by atoms with Gasteiger partial charge in [-0.2, -0.15) is 5.26 Å². The molecule has 0 aromatic heterocycles. The van der Waals surface area contributed by atoms with Crippen LogP contribution < -0.4 is 4.74 Å². The second-order valence-corrected chi connectivity index (χ2v) is 12.9. The van der Waals surface area contributed by atoms with E-state index in [1.807, 2.05) is 0 Å². The molecule has 10 heteroatoms. The Bertz CT molecular complexity index is 1640. The standard InChI is InChI=1S/C35H34FNO8/c1-32-15-13-24(39)19-22(32)5-12-28-27-14-16-34(31(42)43-18-17-37,33(27,2)20-29(40)35(28,32)36)45-30(41)21-3-8-25(9-4-21)44-26-10-6-23(38)7-11-26/h3-4,6-11,13,15,19,27-29,38,40H,5,12,14,16,18,20H2,1-2H3/t27-,28-,29-,32-,33-,34+,35?/m0/s1. The molecule has 0 aliphatic heterocycles. The number of ketones is 1. The summed E-state index contributed by atoms with van der Waals surface area (Å²) in [6.07, 6.45) is 3.75. The number of hydrogen-bond donors (Lipinski definition) is 2. The van der Waals surface area contributed by atoms with E-state index in [0.717, 1.165) is 0 Å². The van der Waals surface area contributed by atoms with Crippen molar-refractivity contribution < 1.29 is 43.2 Å². The fourth-order valence-electron chi connectivity index (χ4n) is 8.48. The summed E-state index contributed by atoms with van der Waals surface area (Å²) in [6.45, 7) is 2.88. The van der Waals surface area contributed by atoms with Crippen LogP contribution in [0.5, 0.6) is 17.2 Å². The number of phenols is 1. The van der Waals surface area contributed by atoms with E-state index in [4.69, 9.17) is 19.5 Å². The van der Waals surface area contributed by atoms with E-state index in [-0.39, 0.29) is 29.9 Å². The first-order valence-corrected chi connectivity index (χ1v) is 15.0. The summed E-state index contributed by atoms with van der Waals surface area (Å²) < 4.78 is 34.7. The summed E-state index contributed by atoms with van der Waals surface area (Å²) in [5, 5.41) is 30.3. The molecule has 1 unspecified atom stereocenters. The lowest BCUT2D eigenvalue weighted by Gasteiger charge is -2.62. The number of allylic oxidation sites excluding steroid dienone is 4. The third-order valence-corrected chi connectivity index (χ3v) is 10.8. The van der Waals surface area contributed by atoms with Gasteiger partial charge >= 0.3 is 11.9 Å². The van der Waals surface area contributed by atoms with Crippen molar-refractivity contribution in [3.05, 3.63) is 77.9 Å². The highest BCUT2D eigenvalue weighted by Crippen LogP contribution is 2.70. The minimum Gasteiger partial charge on any atom is -0.508 e. The molecule has 3 saturated carbocycles. The number of nitriles is 1. The first kappa shape index (κ1) is 30.5. The SMILES string of the molecule is C[C@]12C=CC(=O)C=C1CC[C@H]1[C@@H]3CC[C@@](OC(=O)c4ccc(Oc5ccc(O)cc5)cc4)(C(=O)OCC#N)[C@@]3(C)C[C@H](O)C12F. The van der Waals surface area contributed by atoms with Gasteiger partial charge in [-0.05, 0) is 106 Å². The third-order valence-electron chi connectivity index (χ3n) is 10.8. The van der Waals surface area contributed by atoms with Crippen LogP contribution in [0.25, 0.3) is 0 Å². The maximum atomic E-state index is 17.5. The number of benzene rings is 2. The van der Waals surface area contributed by atoms with E-state index in [2.05, 4.69) is 0 Å². The number of aliphatic hydroxyl groups is 1. The average Bonchev–Trinajstić information content (AvgIpc) is 3.30. The molecular weight excluding hydrogens is 581 g/mol. The molecule has 7 atom stereocenters. The number of halogens is 1. The summed E-state index contributed by atoms with van der Waals surface area (Å²) in [7, 11) is 0. The van der Waals surface area contributed by atoms with E-state index in [0.29, 0.717) is 36.3 Å². The zero-order valence-corrected chi connectivity index (χ0v) is 25.0. The predicted molar refractivity (Wildman–Crippen MR) is 158 cm³/mol. The molecule has 0 saturated heterocycles. The Balaban J connectivity index is 1.31. The molecule has 4 aliphatic carbocycles. The molecule has 0 amide bonds. The number of alkyl halides is 1. The quantitative estimate of drug-likeness (QED) is 0.402. The number of rotatable bonds is 6.